The molecule has 2 aliphatic rings. The molecule has 0 aromatic heterocycles. The maximum Gasteiger partial charge on any atom is 0.226 e. The highest BCUT2D eigenvalue weighted by molar-refractivity contribution is 5.85. The number of likely N-dealkylation sites (tertiary alicyclic amines) is 1. The number of ether oxygens (including phenoxy) is 2. The van der Waals surface area contributed by atoms with Gasteiger partial charge in [0.25, 0.3) is 0 Å². The van der Waals surface area contributed by atoms with Gasteiger partial charge in [0.1, 0.15) is 13.2 Å². The molecular formula is C18H27ClN2O3. The Hall–Kier alpha value is -1.46. The Balaban J connectivity index is 0.00000208. The van der Waals surface area contributed by atoms with E-state index in [0.29, 0.717) is 19.6 Å². The van der Waals surface area contributed by atoms with Gasteiger partial charge in [-0.25, -0.2) is 0 Å². The van der Waals surface area contributed by atoms with E-state index in [1.807, 2.05) is 30.1 Å². The lowest BCUT2D eigenvalue weighted by Gasteiger charge is -2.32. The number of hydrogen-bond donors (Lipinski definition) is 1. The fourth-order valence-electron chi connectivity index (χ4n) is 3.30. The first-order chi connectivity index (χ1) is 11.3. The average Bonchev–Trinajstić information content (AvgIpc) is 2.60. The number of carbonyl (C=O) groups excluding carboxylic acids is 1. The molecule has 0 saturated carbocycles. The van der Waals surface area contributed by atoms with Crippen LogP contribution in [-0.2, 0) is 11.2 Å². The number of benzene rings is 1. The van der Waals surface area contributed by atoms with Gasteiger partial charge in [-0.2, -0.15) is 0 Å². The van der Waals surface area contributed by atoms with E-state index in [1.165, 1.54) is 6.42 Å². The molecule has 2 aliphatic heterocycles. The number of rotatable bonds is 5. The Bertz CT molecular complexity index is 545. The van der Waals surface area contributed by atoms with Crippen LogP contribution in [0, 0.1) is 5.92 Å². The predicted octanol–water partition coefficient (Wildman–Crippen LogP) is 2.27. The van der Waals surface area contributed by atoms with Gasteiger partial charge in [-0.05, 0) is 56.5 Å². The van der Waals surface area contributed by atoms with Gasteiger partial charge in [0, 0.05) is 13.1 Å². The van der Waals surface area contributed by atoms with Crippen molar-refractivity contribution in [3.63, 3.8) is 0 Å². The molecule has 5 nitrogen and oxygen atoms in total. The summed E-state index contributed by atoms with van der Waals surface area (Å²) in [6.45, 7) is 4.00. The number of halogens is 1. The number of hydrogen-bond acceptors (Lipinski definition) is 4. The quantitative estimate of drug-likeness (QED) is 0.881. The zero-order chi connectivity index (χ0) is 16.1. The molecule has 24 heavy (non-hydrogen) atoms. The van der Waals surface area contributed by atoms with Crippen LogP contribution in [0.4, 0.5) is 0 Å². The second-order valence-electron chi connectivity index (χ2n) is 6.37. The summed E-state index contributed by atoms with van der Waals surface area (Å²) in [5, 5.41) is 3.20. The number of nitrogens with one attached hydrogen (secondary N) is 1. The normalized spacial score (nSPS) is 17.3. The monoisotopic (exact) mass is 354 g/mol. The fourth-order valence-corrected chi connectivity index (χ4v) is 3.30. The molecule has 0 bridgehead atoms. The predicted molar refractivity (Wildman–Crippen MR) is 96.2 cm³/mol. The number of nitrogens with zero attached hydrogens (tertiary/aromatic N) is 1. The van der Waals surface area contributed by atoms with Crippen LogP contribution in [0.1, 0.15) is 24.8 Å². The molecule has 0 atom stereocenters. The Morgan fingerprint density at radius 3 is 2.62 bits per heavy atom. The van der Waals surface area contributed by atoms with Crippen molar-refractivity contribution >= 4 is 18.3 Å². The Kier molecular flexibility index (Phi) is 7.18. The van der Waals surface area contributed by atoms with E-state index >= 15 is 0 Å². The van der Waals surface area contributed by atoms with Gasteiger partial charge in [0.15, 0.2) is 11.5 Å². The summed E-state index contributed by atoms with van der Waals surface area (Å²) in [5.74, 6) is 2.50. The van der Waals surface area contributed by atoms with Gasteiger partial charge in [0.05, 0.1) is 6.42 Å². The second kappa shape index (κ2) is 9.14. The van der Waals surface area contributed by atoms with Crippen LogP contribution < -0.4 is 14.8 Å². The van der Waals surface area contributed by atoms with E-state index in [0.717, 1.165) is 55.5 Å². The first-order valence-corrected chi connectivity index (χ1v) is 8.57. The van der Waals surface area contributed by atoms with Crippen LogP contribution in [-0.4, -0.2) is 50.7 Å². The van der Waals surface area contributed by atoms with Crippen LogP contribution >= 0.6 is 12.4 Å². The van der Waals surface area contributed by atoms with Gasteiger partial charge in [0.2, 0.25) is 5.91 Å². The van der Waals surface area contributed by atoms with E-state index in [4.69, 9.17) is 9.47 Å². The van der Waals surface area contributed by atoms with Crippen molar-refractivity contribution in [2.45, 2.75) is 25.7 Å². The molecule has 1 fully saturated rings. The SMILES string of the molecule is CNCCC1CCN(C(=O)Cc2ccc3c(c2)OCCO3)CC1.Cl. The largest absolute Gasteiger partial charge is 0.486 e. The molecular weight excluding hydrogens is 328 g/mol. The number of piperidine rings is 1. The molecule has 2 heterocycles. The smallest absolute Gasteiger partial charge is 0.226 e. The maximum absolute atomic E-state index is 12.5. The van der Waals surface area contributed by atoms with Crippen LogP contribution in [0.15, 0.2) is 18.2 Å². The van der Waals surface area contributed by atoms with Crippen molar-refractivity contribution in [1.29, 1.82) is 0 Å². The summed E-state index contributed by atoms with van der Waals surface area (Å²) in [5.41, 5.74) is 0.997. The third-order valence-corrected chi connectivity index (χ3v) is 4.73. The minimum absolute atomic E-state index is 0. The Labute approximate surface area is 150 Å². The Morgan fingerprint density at radius 1 is 1.21 bits per heavy atom. The van der Waals surface area contributed by atoms with E-state index in [9.17, 15) is 4.79 Å². The van der Waals surface area contributed by atoms with Crippen molar-refractivity contribution in [2.75, 3.05) is 39.9 Å². The molecule has 1 N–H and O–H groups in total. The molecule has 3 rings (SSSR count). The molecule has 1 aromatic carbocycles. The lowest BCUT2D eigenvalue weighted by atomic mass is 9.93. The Morgan fingerprint density at radius 2 is 1.92 bits per heavy atom. The van der Waals surface area contributed by atoms with E-state index < -0.39 is 0 Å². The molecule has 0 aliphatic carbocycles. The van der Waals surface area contributed by atoms with Crippen LogP contribution in [0.25, 0.3) is 0 Å². The summed E-state index contributed by atoms with van der Waals surface area (Å²) in [6, 6.07) is 5.80. The highest BCUT2D eigenvalue weighted by atomic mass is 35.5. The summed E-state index contributed by atoms with van der Waals surface area (Å²) < 4.78 is 11.1. The third kappa shape index (κ3) is 4.77. The van der Waals surface area contributed by atoms with Gasteiger partial charge >= 0.3 is 0 Å². The zero-order valence-corrected chi connectivity index (χ0v) is 15.1. The highest BCUT2D eigenvalue weighted by Crippen LogP contribution is 2.31. The molecule has 0 radical (unpaired) electrons. The first-order valence-electron chi connectivity index (χ1n) is 8.57. The lowest BCUT2D eigenvalue weighted by Crippen LogP contribution is -2.39. The summed E-state index contributed by atoms with van der Waals surface area (Å²) in [4.78, 5) is 14.5. The van der Waals surface area contributed by atoms with Gasteiger partial charge in [-0.1, -0.05) is 6.07 Å². The number of fused-ring (bicyclic) bond motifs is 1. The minimum atomic E-state index is 0. The van der Waals surface area contributed by atoms with Gasteiger partial charge in [-0.15, -0.1) is 12.4 Å². The molecule has 0 unspecified atom stereocenters. The molecule has 134 valence electrons. The van der Waals surface area contributed by atoms with Crippen molar-refractivity contribution in [2.24, 2.45) is 5.92 Å². The lowest BCUT2D eigenvalue weighted by molar-refractivity contribution is -0.131. The fraction of sp³-hybridized carbons (Fsp3) is 0.611. The van der Waals surface area contributed by atoms with E-state index in [1.54, 1.807) is 0 Å². The van der Waals surface area contributed by atoms with Gasteiger partial charge in [-0.3, -0.25) is 4.79 Å². The average molecular weight is 355 g/mol. The van der Waals surface area contributed by atoms with E-state index in [-0.39, 0.29) is 18.3 Å². The van der Waals surface area contributed by atoms with Crippen molar-refractivity contribution in [1.82, 2.24) is 10.2 Å². The number of carbonyl (C=O) groups is 1. The first kappa shape index (κ1) is 18.9. The second-order valence-corrected chi connectivity index (χ2v) is 6.37. The van der Waals surface area contributed by atoms with Crippen molar-refractivity contribution in [3.05, 3.63) is 23.8 Å². The summed E-state index contributed by atoms with van der Waals surface area (Å²) >= 11 is 0. The highest BCUT2D eigenvalue weighted by Gasteiger charge is 2.23. The van der Waals surface area contributed by atoms with E-state index in [2.05, 4.69) is 5.32 Å². The maximum atomic E-state index is 12.5. The van der Waals surface area contributed by atoms with Crippen LogP contribution in [0.2, 0.25) is 0 Å². The molecule has 1 aromatic rings. The molecule has 0 spiro atoms. The van der Waals surface area contributed by atoms with Crippen LogP contribution in [0.3, 0.4) is 0 Å². The molecule has 1 amide bonds. The minimum Gasteiger partial charge on any atom is -0.486 e. The molecule has 1 saturated heterocycles. The zero-order valence-electron chi connectivity index (χ0n) is 14.3. The van der Waals surface area contributed by atoms with Gasteiger partial charge < -0.3 is 19.7 Å². The van der Waals surface area contributed by atoms with Crippen molar-refractivity contribution in [3.8, 4) is 11.5 Å². The summed E-state index contributed by atoms with van der Waals surface area (Å²) in [7, 11) is 1.99. The standard InChI is InChI=1S/C18H26N2O3.ClH/c1-19-7-4-14-5-8-20(9-6-14)18(21)13-15-2-3-16-17(12-15)23-11-10-22-16;/h2-3,12,14,19H,4-11,13H2,1H3;1H. The molecule has 6 heteroatoms. The topological polar surface area (TPSA) is 50.8 Å². The third-order valence-electron chi connectivity index (χ3n) is 4.73. The summed E-state index contributed by atoms with van der Waals surface area (Å²) in [6.07, 6.45) is 3.89. The van der Waals surface area contributed by atoms with Crippen LogP contribution in [0.5, 0.6) is 11.5 Å². The van der Waals surface area contributed by atoms with Crippen molar-refractivity contribution < 1.29 is 14.3 Å². The number of amides is 1.